The lowest BCUT2D eigenvalue weighted by Gasteiger charge is -2.37. The fraction of sp³-hybridized carbons (Fsp3) is 0.435. The molecule has 6 nitrogen and oxygen atoms in total. The molecule has 2 aromatic rings. The molecule has 1 heterocycles. The molecular formula is C23H30FN3O3S. The number of halogens is 1. The summed E-state index contributed by atoms with van der Waals surface area (Å²) >= 11 is 0. The van der Waals surface area contributed by atoms with E-state index in [2.05, 4.69) is 5.32 Å². The van der Waals surface area contributed by atoms with E-state index < -0.39 is 16.1 Å². The first-order chi connectivity index (χ1) is 14.6. The number of hydrogen-bond donors (Lipinski definition) is 1. The van der Waals surface area contributed by atoms with Crippen LogP contribution in [-0.2, 0) is 14.8 Å². The molecule has 2 unspecified atom stereocenters. The van der Waals surface area contributed by atoms with Gasteiger partial charge in [0.1, 0.15) is 5.82 Å². The molecule has 1 N–H and O–H groups in total. The van der Waals surface area contributed by atoms with Crippen LogP contribution in [0.15, 0.2) is 47.4 Å². The predicted octanol–water partition coefficient (Wildman–Crippen LogP) is 3.01. The summed E-state index contributed by atoms with van der Waals surface area (Å²) in [4.78, 5) is 15.0. The molecule has 3 rings (SSSR count). The lowest BCUT2D eigenvalue weighted by Crippen LogP contribution is -2.55. The average Bonchev–Trinajstić information content (AvgIpc) is 2.73. The second kappa shape index (κ2) is 9.46. The van der Waals surface area contributed by atoms with Crippen LogP contribution in [0.3, 0.4) is 0 Å². The molecule has 1 amide bonds. The number of nitrogens with zero attached hydrogens (tertiary/aromatic N) is 2. The molecule has 1 aliphatic heterocycles. The summed E-state index contributed by atoms with van der Waals surface area (Å²) in [6.45, 7) is 9.04. The molecule has 2 atom stereocenters. The minimum Gasteiger partial charge on any atom is -0.348 e. The summed E-state index contributed by atoms with van der Waals surface area (Å²) in [5.41, 5.74) is 2.59. The van der Waals surface area contributed by atoms with Crippen LogP contribution in [0.5, 0.6) is 0 Å². The van der Waals surface area contributed by atoms with Crippen molar-refractivity contribution in [3.05, 3.63) is 65.0 Å². The van der Waals surface area contributed by atoms with Gasteiger partial charge in [-0.3, -0.25) is 9.69 Å². The molecule has 0 saturated carbocycles. The highest BCUT2D eigenvalue weighted by Gasteiger charge is 2.32. The first kappa shape index (κ1) is 23.4. The van der Waals surface area contributed by atoms with Gasteiger partial charge in [0, 0.05) is 26.2 Å². The maximum absolute atomic E-state index is 13.1. The minimum absolute atomic E-state index is 0.137. The number of aryl methyl sites for hydroxylation is 2. The standard InChI is InChI=1S/C23H30FN3O3S/c1-16-5-10-22(17(2)15-16)31(29,30)27-13-11-26(12-14-27)19(4)23(28)25-18(3)20-6-8-21(24)9-7-20/h5-10,15,18-19H,11-14H2,1-4H3,(H,25,28). The molecule has 1 aliphatic rings. The van der Waals surface area contributed by atoms with Crippen LogP contribution in [0.1, 0.15) is 36.6 Å². The van der Waals surface area contributed by atoms with E-state index in [4.69, 9.17) is 0 Å². The highest BCUT2D eigenvalue weighted by molar-refractivity contribution is 7.89. The van der Waals surface area contributed by atoms with E-state index in [1.54, 1.807) is 18.2 Å². The number of hydrogen-bond acceptors (Lipinski definition) is 4. The molecule has 1 fully saturated rings. The molecule has 168 valence electrons. The van der Waals surface area contributed by atoms with Gasteiger partial charge in [0.15, 0.2) is 0 Å². The van der Waals surface area contributed by atoms with E-state index in [9.17, 15) is 17.6 Å². The maximum atomic E-state index is 13.1. The van der Waals surface area contributed by atoms with E-state index >= 15 is 0 Å². The van der Waals surface area contributed by atoms with Crippen molar-refractivity contribution in [2.24, 2.45) is 0 Å². The van der Waals surface area contributed by atoms with Crippen molar-refractivity contribution in [3.63, 3.8) is 0 Å². The highest BCUT2D eigenvalue weighted by atomic mass is 32.2. The Morgan fingerprint density at radius 3 is 2.19 bits per heavy atom. The maximum Gasteiger partial charge on any atom is 0.243 e. The van der Waals surface area contributed by atoms with Crippen molar-refractivity contribution in [1.29, 1.82) is 0 Å². The topological polar surface area (TPSA) is 69.7 Å². The van der Waals surface area contributed by atoms with Gasteiger partial charge < -0.3 is 5.32 Å². The fourth-order valence-corrected chi connectivity index (χ4v) is 5.52. The van der Waals surface area contributed by atoms with Crippen molar-refractivity contribution >= 4 is 15.9 Å². The fourth-order valence-electron chi connectivity index (χ4n) is 3.89. The number of piperazine rings is 1. The van der Waals surface area contributed by atoms with Gasteiger partial charge in [-0.25, -0.2) is 12.8 Å². The SMILES string of the molecule is Cc1ccc(S(=O)(=O)N2CCN(C(C)C(=O)NC(C)c3ccc(F)cc3)CC2)c(C)c1. The zero-order valence-electron chi connectivity index (χ0n) is 18.4. The summed E-state index contributed by atoms with van der Waals surface area (Å²) in [7, 11) is -3.56. The largest absolute Gasteiger partial charge is 0.348 e. The van der Waals surface area contributed by atoms with Crippen molar-refractivity contribution in [3.8, 4) is 0 Å². The number of carbonyl (C=O) groups excluding carboxylic acids is 1. The van der Waals surface area contributed by atoms with Crippen molar-refractivity contribution in [1.82, 2.24) is 14.5 Å². The van der Waals surface area contributed by atoms with Crippen LogP contribution in [0.25, 0.3) is 0 Å². The number of amides is 1. The van der Waals surface area contributed by atoms with E-state index in [1.165, 1.54) is 16.4 Å². The first-order valence-corrected chi connectivity index (χ1v) is 11.9. The van der Waals surface area contributed by atoms with Crippen LogP contribution in [0, 0.1) is 19.7 Å². The van der Waals surface area contributed by atoms with Crippen LogP contribution < -0.4 is 5.32 Å². The van der Waals surface area contributed by atoms with Crippen molar-refractivity contribution in [2.45, 2.75) is 44.7 Å². The van der Waals surface area contributed by atoms with Gasteiger partial charge >= 0.3 is 0 Å². The second-order valence-corrected chi connectivity index (χ2v) is 10.1. The molecule has 2 aromatic carbocycles. The third-order valence-corrected chi connectivity index (χ3v) is 7.94. The normalized spacial score (nSPS) is 17.8. The summed E-state index contributed by atoms with van der Waals surface area (Å²) < 4.78 is 40.7. The molecule has 1 saturated heterocycles. The molecule has 0 radical (unpaired) electrons. The quantitative estimate of drug-likeness (QED) is 0.739. The average molecular weight is 448 g/mol. The lowest BCUT2D eigenvalue weighted by atomic mass is 10.1. The number of nitrogens with one attached hydrogen (secondary N) is 1. The Labute approximate surface area is 184 Å². The van der Waals surface area contributed by atoms with Crippen molar-refractivity contribution in [2.75, 3.05) is 26.2 Å². The third kappa shape index (κ3) is 5.31. The van der Waals surface area contributed by atoms with Gasteiger partial charge in [-0.15, -0.1) is 0 Å². The number of carbonyl (C=O) groups is 1. The van der Waals surface area contributed by atoms with E-state index in [0.29, 0.717) is 31.1 Å². The molecule has 0 aliphatic carbocycles. The lowest BCUT2D eigenvalue weighted by molar-refractivity contribution is -0.127. The Hall–Kier alpha value is -2.29. The van der Waals surface area contributed by atoms with Gasteiger partial charge in [-0.05, 0) is 57.0 Å². The first-order valence-electron chi connectivity index (χ1n) is 10.5. The zero-order chi connectivity index (χ0) is 22.8. The van der Waals surface area contributed by atoms with E-state index in [0.717, 1.165) is 16.7 Å². The summed E-state index contributed by atoms with van der Waals surface area (Å²) in [5.74, 6) is -0.452. The molecule has 8 heteroatoms. The summed E-state index contributed by atoms with van der Waals surface area (Å²) in [6.07, 6.45) is 0. The minimum atomic E-state index is -3.56. The Morgan fingerprint density at radius 2 is 1.61 bits per heavy atom. The molecule has 0 spiro atoms. The smallest absolute Gasteiger partial charge is 0.243 e. The van der Waals surface area contributed by atoms with Crippen molar-refractivity contribution < 1.29 is 17.6 Å². The van der Waals surface area contributed by atoms with Crippen LogP contribution in [-0.4, -0.2) is 55.8 Å². The van der Waals surface area contributed by atoms with Crippen LogP contribution in [0.2, 0.25) is 0 Å². The van der Waals surface area contributed by atoms with Gasteiger partial charge in [-0.2, -0.15) is 4.31 Å². The molecule has 31 heavy (non-hydrogen) atoms. The molecular weight excluding hydrogens is 417 g/mol. The van der Waals surface area contributed by atoms with Crippen LogP contribution >= 0.6 is 0 Å². The third-order valence-electron chi connectivity index (χ3n) is 5.88. The summed E-state index contributed by atoms with van der Waals surface area (Å²) in [5, 5.41) is 2.96. The Kier molecular flexibility index (Phi) is 7.13. The van der Waals surface area contributed by atoms with Gasteiger partial charge in [0.05, 0.1) is 17.0 Å². The highest BCUT2D eigenvalue weighted by Crippen LogP contribution is 2.23. The van der Waals surface area contributed by atoms with Gasteiger partial charge in [0.2, 0.25) is 15.9 Å². The Bertz CT molecular complexity index is 1030. The number of benzene rings is 2. The Balaban J connectivity index is 1.59. The summed E-state index contributed by atoms with van der Waals surface area (Å²) in [6, 6.07) is 10.8. The van der Waals surface area contributed by atoms with E-state index in [1.807, 2.05) is 44.7 Å². The molecule has 0 bridgehead atoms. The van der Waals surface area contributed by atoms with Gasteiger partial charge in [-0.1, -0.05) is 29.8 Å². The van der Waals surface area contributed by atoms with Crippen LogP contribution in [0.4, 0.5) is 4.39 Å². The monoisotopic (exact) mass is 447 g/mol. The number of sulfonamides is 1. The predicted molar refractivity (Wildman–Crippen MR) is 119 cm³/mol. The Morgan fingerprint density at radius 1 is 1.00 bits per heavy atom. The second-order valence-electron chi connectivity index (χ2n) is 8.17. The number of rotatable bonds is 6. The molecule has 0 aromatic heterocycles. The van der Waals surface area contributed by atoms with E-state index in [-0.39, 0.29) is 17.8 Å². The van der Waals surface area contributed by atoms with Gasteiger partial charge in [0.25, 0.3) is 0 Å². The zero-order valence-corrected chi connectivity index (χ0v) is 19.2.